The van der Waals surface area contributed by atoms with Gasteiger partial charge in [-0.2, -0.15) is 0 Å². The van der Waals surface area contributed by atoms with Crippen molar-refractivity contribution in [1.29, 1.82) is 0 Å². The molecule has 0 aliphatic heterocycles. The van der Waals surface area contributed by atoms with Gasteiger partial charge in [-0.3, -0.25) is 0 Å². The highest BCUT2D eigenvalue weighted by Gasteiger charge is 2.12. The number of fused-ring (bicyclic) bond motifs is 1. The lowest BCUT2D eigenvalue weighted by molar-refractivity contribution is 0.0697. The van der Waals surface area contributed by atoms with E-state index in [1.165, 1.54) is 0 Å². The zero-order valence-electron chi connectivity index (χ0n) is 11.6. The summed E-state index contributed by atoms with van der Waals surface area (Å²) < 4.78 is 1.98. The second-order valence-electron chi connectivity index (χ2n) is 5.07. The number of carbonyl (C=O) groups is 1. The van der Waals surface area contributed by atoms with Gasteiger partial charge in [0.1, 0.15) is 0 Å². The number of carboxylic acid groups (broad SMARTS) is 1. The molecule has 0 spiro atoms. The number of aliphatic hydroxyl groups is 1. The molecule has 2 aromatic rings. The molecule has 5 nitrogen and oxygen atoms in total. The smallest absolute Gasteiger partial charge is 0.335 e. The van der Waals surface area contributed by atoms with E-state index >= 15 is 0 Å². The zero-order chi connectivity index (χ0) is 14.5. The summed E-state index contributed by atoms with van der Waals surface area (Å²) in [5.74, 6) is -0.545. The number of aromatic nitrogens is 2. The summed E-state index contributed by atoms with van der Waals surface area (Å²) in [6.45, 7) is 3.06. The number of aliphatic hydroxyl groups excluding tert-OH is 1. The van der Waals surface area contributed by atoms with E-state index in [2.05, 4.69) is 11.9 Å². The van der Waals surface area contributed by atoms with Gasteiger partial charge in [-0.1, -0.05) is 13.3 Å². The molecule has 0 aliphatic rings. The van der Waals surface area contributed by atoms with Crippen molar-refractivity contribution >= 4 is 17.0 Å². The van der Waals surface area contributed by atoms with E-state index in [1.54, 1.807) is 24.5 Å². The minimum Gasteiger partial charge on any atom is -0.478 e. The first-order valence-corrected chi connectivity index (χ1v) is 6.94. The summed E-state index contributed by atoms with van der Waals surface area (Å²) >= 11 is 0. The Morgan fingerprint density at radius 2 is 2.20 bits per heavy atom. The van der Waals surface area contributed by atoms with E-state index in [0.29, 0.717) is 5.92 Å². The number of carboxylic acids is 1. The standard InChI is InChI=1S/C15H20N2O3/c1-2-3-11(6-7-18)9-17-10-16-13-5-4-12(15(19)20)8-14(13)17/h4-5,8,10-11,18H,2-3,6-7,9H2,1H3,(H,19,20). The van der Waals surface area contributed by atoms with Gasteiger partial charge in [-0.25, -0.2) is 9.78 Å². The topological polar surface area (TPSA) is 75.3 Å². The highest BCUT2D eigenvalue weighted by atomic mass is 16.4. The molecule has 0 aliphatic carbocycles. The Morgan fingerprint density at radius 3 is 2.85 bits per heavy atom. The molecular weight excluding hydrogens is 256 g/mol. The molecule has 1 heterocycles. The average Bonchev–Trinajstić information content (AvgIpc) is 2.82. The molecule has 0 fully saturated rings. The van der Waals surface area contributed by atoms with Crippen LogP contribution in [0, 0.1) is 5.92 Å². The maximum atomic E-state index is 11.0. The van der Waals surface area contributed by atoms with Crippen molar-refractivity contribution in [3.05, 3.63) is 30.1 Å². The molecule has 0 amide bonds. The zero-order valence-corrected chi connectivity index (χ0v) is 11.6. The van der Waals surface area contributed by atoms with Crippen molar-refractivity contribution in [1.82, 2.24) is 9.55 Å². The van der Waals surface area contributed by atoms with Crippen LogP contribution in [-0.2, 0) is 6.54 Å². The summed E-state index contributed by atoms with van der Waals surface area (Å²) in [5.41, 5.74) is 1.91. The van der Waals surface area contributed by atoms with E-state index in [9.17, 15) is 4.79 Å². The maximum absolute atomic E-state index is 11.0. The van der Waals surface area contributed by atoms with Gasteiger partial charge in [0, 0.05) is 13.2 Å². The lowest BCUT2D eigenvalue weighted by Gasteiger charge is -2.16. The number of hydrogen-bond acceptors (Lipinski definition) is 3. The monoisotopic (exact) mass is 276 g/mol. The molecule has 1 atom stereocenters. The summed E-state index contributed by atoms with van der Waals surface area (Å²) in [7, 11) is 0. The molecule has 20 heavy (non-hydrogen) atoms. The number of benzene rings is 1. The molecule has 2 rings (SSSR count). The van der Waals surface area contributed by atoms with Crippen molar-refractivity contribution in [2.45, 2.75) is 32.7 Å². The van der Waals surface area contributed by atoms with Crippen LogP contribution in [0.4, 0.5) is 0 Å². The van der Waals surface area contributed by atoms with Crippen molar-refractivity contribution in [2.75, 3.05) is 6.61 Å². The fraction of sp³-hybridized carbons (Fsp3) is 0.467. The van der Waals surface area contributed by atoms with Crippen LogP contribution in [0.25, 0.3) is 11.0 Å². The molecule has 0 saturated heterocycles. The molecule has 0 saturated carbocycles. The predicted octanol–water partition coefficient (Wildman–Crippen LogP) is 2.53. The Morgan fingerprint density at radius 1 is 1.40 bits per heavy atom. The van der Waals surface area contributed by atoms with E-state index in [-0.39, 0.29) is 12.2 Å². The molecule has 108 valence electrons. The van der Waals surface area contributed by atoms with E-state index in [0.717, 1.165) is 36.8 Å². The normalized spacial score (nSPS) is 12.7. The molecular formula is C15H20N2O3. The first kappa shape index (κ1) is 14.5. The van der Waals surface area contributed by atoms with Crippen molar-refractivity contribution in [3.63, 3.8) is 0 Å². The van der Waals surface area contributed by atoms with Crippen molar-refractivity contribution in [2.24, 2.45) is 5.92 Å². The van der Waals surface area contributed by atoms with Gasteiger partial charge in [0.25, 0.3) is 0 Å². The molecule has 1 aromatic heterocycles. The summed E-state index contributed by atoms with van der Waals surface area (Å²) in [5, 5.41) is 18.2. The first-order chi connectivity index (χ1) is 9.65. The molecule has 0 bridgehead atoms. The summed E-state index contributed by atoms with van der Waals surface area (Å²) in [4.78, 5) is 15.3. The minimum absolute atomic E-state index is 0.178. The number of nitrogens with zero attached hydrogens (tertiary/aromatic N) is 2. The predicted molar refractivity (Wildman–Crippen MR) is 76.8 cm³/mol. The average molecular weight is 276 g/mol. The van der Waals surface area contributed by atoms with Crippen LogP contribution >= 0.6 is 0 Å². The quantitative estimate of drug-likeness (QED) is 0.815. The van der Waals surface area contributed by atoms with Crippen molar-refractivity contribution < 1.29 is 15.0 Å². The molecule has 0 radical (unpaired) electrons. The third-order valence-electron chi connectivity index (χ3n) is 3.56. The van der Waals surface area contributed by atoms with Crippen LogP contribution in [0.5, 0.6) is 0 Å². The Kier molecular flexibility index (Phi) is 4.74. The van der Waals surface area contributed by atoms with Crippen LogP contribution in [0.2, 0.25) is 0 Å². The highest BCUT2D eigenvalue weighted by molar-refractivity contribution is 5.92. The van der Waals surface area contributed by atoms with Crippen LogP contribution in [0.1, 0.15) is 36.5 Å². The van der Waals surface area contributed by atoms with Gasteiger partial charge < -0.3 is 14.8 Å². The Labute approximate surface area is 117 Å². The summed E-state index contributed by atoms with van der Waals surface area (Å²) in [6.07, 6.45) is 4.61. The maximum Gasteiger partial charge on any atom is 0.335 e. The lowest BCUT2D eigenvalue weighted by Crippen LogP contribution is -2.12. The van der Waals surface area contributed by atoms with Gasteiger partial charge >= 0.3 is 5.97 Å². The van der Waals surface area contributed by atoms with E-state index in [1.807, 2.05) is 4.57 Å². The second kappa shape index (κ2) is 6.52. The molecule has 1 unspecified atom stereocenters. The van der Waals surface area contributed by atoms with E-state index < -0.39 is 5.97 Å². The van der Waals surface area contributed by atoms with Gasteiger partial charge in [-0.05, 0) is 37.0 Å². The number of rotatable bonds is 7. The second-order valence-corrected chi connectivity index (χ2v) is 5.07. The molecule has 1 aromatic carbocycles. The van der Waals surface area contributed by atoms with Crippen molar-refractivity contribution in [3.8, 4) is 0 Å². The highest BCUT2D eigenvalue weighted by Crippen LogP contribution is 2.20. The molecule has 2 N–H and O–H groups in total. The van der Waals surface area contributed by atoms with Crippen LogP contribution in [0.3, 0.4) is 0 Å². The Balaban J connectivity index is 2.28. The van der Waals surface area contributed by atoms with Crippen LogP contribution < -0.4 is 0 Å². The van der Waals surface area contributed by atoms with Gasteiger partial charge in [0.05, 0.1) is 22.9 Å². The Bertz CT molecular complexity index is 586. The number of hydrogen-bond donors (Lipinski definition) is 2. The number of imidazole rings is 1. The Hall–Kier alpha value is -1.88. The van der Waals surface area contributed by atoms with Gasteiger partial charge in [0.15, 0.2) is 0 Å². The van der Waals surface area contributed by atoms with E-state index in [4.69, 9.17) is 10.2 Å². The van der Waals surface area contributed by atoms with Crippen LogP contribution in [0.15, 0.2) is 24.5 Å². The summed E-state index contributed by atoms with van der Waals surface area (Å²) in [6, 6.07) is 4.96. The fourth-order valence-electron chi connectivity index (χ4n) is 2.53. The fourth-order valence-corrected chi connectivity index (χ4v) is 2.53. The van der Waals surface area contributed by atoms with Crippen LogP contribution in [-0.4, -0.2) is 32.3 Å². The molecule has 5 heteroatoms. The van der Waals surface area contributed by atoms with Gasteiger partial charge in [0.2, 0.25) is 0 Å². The number of aromatic carboxylic acids is 1. The minimum atomic E-state index is -0.930. The third-order valence-corrected chi connectivity index (χ3v) is 3.56. The SMILES string of the molecule is CCCC(CCO)Cn1cnc2ccc(C(=O)O)cc21. The third kappa shape index (κ3) is 3.17. The largest absolute Gasteiger partial charge is 0.478 e. The lowest BCUT2D eigenvalue weighted by atomic mass is 10.00. The van der Waals surface area contributed by atoms with Gasteiger partial charge in [-0.15, -0.1) is 0 Å². The first-order valence-electron chi connectivity index (χ1n) is 6.94.